The van der Waals surface area contributed by atoms with Gasteiger partial charge in [-0.1, -0.05) is 27.5 Å². The number of methoxy groups -OCH3 is 2. The standard InChI is InChI=1S/C20H23BrClNO4/c1-11-6-15(21)7-12(2)19(11)27-13(3)20(24)23-10-14-8-17(25-4)18(26-5)9-16(14)22/h6-9,13H,10H2,1-5H3,(H,23,24). The summed E-state index contributed by atoms with van der Waals surface area (Å²) in [5.41, 5.74) is 2.65. The van der Waals surface area contributed by atoms with Gasteiger partial charge in [-0.15, -0.1) is 0 Å². The van der Waals surface area contributed by atoms with Crippen LogP contribution in [0.15, 0.2) is 28.7 Å². The molecule has 0 fully saturated rings. The molecule has 1 atom stereocenters. The Morgan fingerprint density at radius 1 is 1.11 bits per heavy atom. The molecule has 0 aliphatic carbocycles. The lowest BCUT2D eigenvalue weighted by atomic mass is 10.1. The Bertz CT molecular complexity index is 818. The smallest absolute Gasteiger partial charge is 0.261 e. The Balaban J connectivity index is 2.06. The largest absolute Gasteiger partial charge is 0.493 e. The number of halogens is 2. The molecule has 0 saturated carbocycles. The Kier molecular flexibility index (Phi) is 7.39. The molecule has 27 heavy (non-hydrogen) atoms. The Morgan fingerprint density at radius 3 is 2.22 bits per heavy atom. The van der Waals surface area contributed by atoms with E-state index in [1.54, 1.807) is 33.3 Å². The van der Waals surface area contributed by atoms with Gasteiger partial charge in [0.2, 0.25) is 0 Å². The van der Waals surface area contributed by atoms with Gasteiger partial charge in [-0.25, -0.2) is 0 Å². The van der Waals surface area contributed by atoms with Crippen molar-refractivity contribution in [2.24, 2.45) is 0 Å². The average Bonchev–Trinajstić information content (AvgIpc) is 2.62. The maximum atomic E-state index is 12.5. The summed E-state index contributed by atoms with van der Waals surface area (Å²) in [6.07, 6.45) is -0.650. The molecule has 0 spiro atoms. The van der Waals surface area contributed by atoms with Crippen LogP contribution in [-0.2, 0) is 11.3 Å². The molecule has 5 nitrogen and oxygen atoms in total. The lowest BCUT2D eigenvalue weighted by Gasteiger charge is -2.19. The molecule has 146 valence electrons. The topological polar surface area (TPSA) is 56.8 Å². The van der Waals surface area contributed by atoms with Gasteiger partial charge in [-0.05, 0) is 55.7 Å². The molecule has 0 bridgehead atoms. The Morgan fingerprint density at radius 2 is 1.67 bits per heavy atom. The second-order valence-electron chi connectivity index (χ2n) is 6.15. The maximum Gasteiger partial charge on any atom is 0.261 e. The number of hydrogen-bond donors (Lipinski definition) is 1. The van der Waals surface area contributed by atoms with Crippen LogP contribution in [0.2, 0.25) is 5.02 Å². The first-order valence-electron chi connectivity index (χ1n) is 8.38. The number of amides is 1. The van der Waals surface area contributed by atoms with Crippen LogP contribution in [0, 0.1) is 13.8 Å². The number of benzene rings is 2. The van der Waals surface area contributed by atoms with Crippen LogP contribution < -0.4 is 19.5 Å². The highest BCUT2D eigenvalue weighted by Gasteiger charge is 2.18. The first kappa shape index (κ1) is 21.4. The van der Waals surface area contributed by atoms with E-state index in [1.165, 1.54) is 0 Å². The molecule has 2 aromatic carbocycles. The van der Waals surface area contributed by atoms with Crippen molar-refractivity contribution in [3.05, 3.63) is 50.5 Å². The highest BCUT2D eigenvalue weighted by molar-refractivity contribution is 9.10. The number of nitrogens with one attached hydrogen (secondary N) is 1. The van der Waals surface area contributed by atoms with E-state index < -0.39 is 6.10 Å². The second-order valence-corrected chi connectivity index (χ2v) is 7.47. The van der Waals surface area contributed by atoms with E-state index in [4.69, 9.17) is 25.8 Å². The Hall–Kier alpha value is -1.92. The van der Waals surface area contributed by atoms with Crippen molar-refractivity contribution < 1.29 is 19.0 Å². The normalized spacial score (nSPS) is 11.7. The summed E-state index contributed by atoms with van der Waals surface area (Å²) in [5.74, 6) is 1.57. The van der Waals surface area contributed by atoms with Crippen LogP contribution in [-0.4, -0.2) is 26.2 Å². The molecule has 1 unspecified atom stereocenters. The van der Waals surface area contributed by atoms with E-state index in [-0.39, 0.29) is 12.5 Å². The maximum absolute atomic E-state index is 12.5. The van der Waals surface area contributed by atoms with E-state index in [2.05, 4.69) is 21.2 Å². The van der Waals surface area contributed by atoms with Gasteiger partial charge in [0.25, 0.3) is 5.91 Å². The molecule has 1 amide bonds. The molecule has 0 aliphatic heterocycles. The van der Waals surface area contributed by atoms with Crippen molar-refractivity contribution in [3.8, 4) is 17.2 Å². The van der Waals surface area contributed by atoms with Crippen LogP contribution in [0.3, 0.4) is 0 Å². The van der Waals surface area contributed by atoms with E-state index >= 15 is 0 Å². The quantitative estimate of drug-likeness (QED) is 0.649. The van der Waals surface area contributed by atoms with Gasteiger partial charge >= 0.3 is 0 Å². The summed E-state index contributed by atoms with van der Waals surface area (Å²) < 4.78 is 17.3. The molecule has 0 aliphatic rings. The second kappa shape index (κ2) is 9.33. The fraction of sp³-hybridized carbons (Fsp3) is 0.350. The minimum atomic E-state index is -0.650. The zero-order valence-electron chi connectivity index (χ0n) is 16.0. The minimum absolute atomic E-state index is 0.234. The fourth-order valence-electron chi connectivity index (χ4n) is 2.67. The van der Waals surface area contributed by atoms with Crippen molar-refractivity contribution in [2.75, 3.05) is 14.2 Å². The first-order valence-corrected chi connectivity index (χ1v) is 9.55. The Labute approximate surface area is 173 Å². The van der Waals surface area contributed by atoms with Crippen molar-refractivity contribution in [1.82, 2.24) is 5.32 Å². The van der Waals surface area contributed by atoms with Crippen LogP contribution in [0.5, 0.6) is 17.2 Å². The highest BCUT2D eigenvalue weighted by atomic mass is 79.9. The van der Waals surface area contributed by atoms with Gasteiger partial charge in [0, 0.05) is 22.1 Å². The lowest BCUT2D eigenvalue weighted by Crippen LogP contribution is -2.36. The molecule has 0 heterocycles. The molecule has 0 saturated heterocycles. The van der Waals surface area contributed by atoms with Gasteiger partial charge in [0.1, 0.15) is 5.75 Å². The van der Waals surface area contributed by atoms with Crippen LogP contribution in [0.1, 0.15) is 23.6 Å². The summed E-state index contributed by atoms with van der Waals surface area (Å²) in [6, 6.07) is 7.32. The van der Waals surface area contributed by atoms with Crippen molar-refractivity contribution in [1.29, 1.82) is 0 Å². The van der Waals surface area contributed by atoms with Crippen LogP contribution >= 0.6 is 27.5 Å². The number of hydrogen-bond acceptors (Lipinski definition) is 4. The number of ether oxygens (including phenoxy) is 3. The van der Waals surface area contributed by atoms with Gasteiger partial charge in [-0.2, -0.15) is 0 Å². The molecule has 7 heteroatoms. The summed E-state index contributed by atoms with van der Waals surface area (Å²) in [4.78, 5) is 12.5. The summed E-state index contributed by atoms with van der Waals surface area (Å²) in [6.45, 7) is 5.86. The fourth-order valence-corrected chi connectivity index (χ4v) is 3.58. The molecule has 2 aromatic rings. The van der Waals surface area contributed by atoms with Crippen molar-refractivity contribution in [3.63, 3.8) is 0 Å². The zero-order valence-corrected chi connectivity index (χ0v) is 18.3. The number of rotatable bonds is 7. The number of carbonyl (C=O) groups is 1. The third-order valence-electron chi connectivity index (χ3n) is 4.09. The highest BCUT2D eigenvalue weighted by Crippen LogP contribution is 2.33. The number of aryl methyl sites for hydroxylation is 2. The van der Waals surface area contributed by atoms with E-state index in [1.807, 2.05) is 26.0 Å². The van der Waals surface area contributed by atoms with Crippen LogP contribution in [0.4, 0.5) is 0 Å². The van der Waals surface area contributed by atoms with Crippen LogP contribution in [0.25, 0.3) is 0 Å². The van der Waals surface area contributed by atoms with Gasteiger partial charge < -0.3 is 19.5 Å². The average molecular weight is 457 g/mol. The molecular weight excluding hydrogens is 434 g/mol. The predicted octanol–water partition coefficient (Wildman–Crippen LogP) is 4.82. The van der Waals surface area contributed by atoms with Gasteiger partial charge in [0.05, 0.1) is 14.2 Å². The minimum Gasteiger partial charge on any atom is -0.493 e. The molecule has 2 rings (SSSR count). The molecule has 0 aromatic heterocycles. The summed E-state index contributed by atoms with van der Waals surface area (Å²) in [7, 11) is 3.09. The van der Waals surface area contributed by atoms with Gasteiger partial charge in [0.15, 0.2) is 17.6 Å². The molecule has 1 N–H and O–H groups in total. The zero-order chi connectivity index (χ0) is 20.1. The van der Waals surface area contributed by atoms with Crippen molar-refractivity contribution in [2.45, 2.75) is 33.4 Å². The SMILES string of the molecule is COc1cc(Cl)c(CNC(=O)C(C)Oc2c(C)cc(Br)cc2C)cc1OC. The summed E-state index contributed by atoms with van der Waals surface area (Å²) in [5, 5.41) is 3.33. The van der Waals surface area contributed by atoms with E-state index in [9.17, 15) is 4.79 Å². The third kappa shape index (κ3) is 5.30. The summed E-state index contributed by atoms with van der Waals surface area (Å²) >= 11 is 9.72. The van der Waals surface area contributed by atoms with E-state index in [0.29, 0.717) is 22.3 Å². The van der Waals surface area contributed by atoms with E-state index in [0.717, 1.165) is 21.2 Å². The predicted molar refractivity (Wildman–Crippen MR) is 110 cm³/mol. The third-order valence-corrected chi connectivity index (χ3v) is 4.90. The van der Waals surface area contributed by atoms with Crippen molar-refractivity contribution >= 4 is 33.4 Å². The first-order chi connectivity index (χ1) is 12.8. The van der Waals surface area contributed by atoms with Gasteiger partial charge in [-0.3, -0.25) is 4.79 Å². The number of carbonyl (C=O) groups excluding carboxylic acids is 1. The molecular formula is C20H23BrClNO4. The monoisotopic (exact) mass is 455 g/mol. The lowest BCUT2D eigenvalue weighted by molar-refractivity contribution is -0.127. The molecule has 0 radical (unpaired) electrons.